The second-order valence-corrected chi connectivity index (χ2v) is 7.72. The molecule has 3 rings (SSSR count). The number of fused-ring (bicyclic) bond motifs is 1. The minimum absolute atomic E-state index is 0.0109. The second kappa shape index (κ2) is 10.1. The summed E-state index contributed by atoms with van der Waals surface area (Å²) in [6, 6.07) is 22.0. The van der Waals surface area contributed by atoms with Gasteiger partial charge in [-0.25, -0.2) is 0 Å². The number of nitrogens with zero attached hydrogens (tertiary/aromatic N) is 1. The van der Waals surface area contributed by atoms with Crippen LogP contribution in [0.4, 0.5) is 0 Å². The number of amides is 2. The number of carbonyl (C=O) groups excluding carboxylic acids is 2. The molecular weight excluding hydrogens is 372 g/mol. The highest BCUT2D eigenvalue weighted by molar-refractivity contribution is 5.88. The number of nitrogens with one attached hydrogen (secondary N) is 1. The molecule has 1 N–H and O–H groups in total. The molecule has 0 aromatic heterocycles. The summed E-state index contributed by atoms with van der Waals surface area (Å²) in [5, 5.41) is 5.19. The summed E-state index contributed by atoms with van der Waals surface area (Å²) >= 11 is 0. The van der Waals surface area contributed by atoms with Crippen LogP contribution < -0.4 is 5.32 Å². The molecule has 0 bridgehead atoms. The summed E-state index contributed by atoms with van der Waals surface area (Å²) in [6.45, 7) is 6.69. The summed E-state index contributed by atoms with van der Waals surface area (Å²) in [4.78, 5) is 27.4. The lowest BCUT2D eigenvalue weighted by Crippen LogP contribution is -2.47. The molecule has 0 heterocycles. The quantitative estimate of drug-likeness (QED) is 0.597. The molecule has 1 atom stereocenters. The van der Waals surface area contributed by atoms with Crippen LogP contribution in [-0.2, 0) is 22.6 Å². The van der Waals surface area contributed by atoms with Crippen molar-refractivity contribution in [2.75, 3.05) is 6.54 Å². The molecule has 156 valence electrons. The van der Waals surface area contributed by atoms with Crippen LogP contribution >= 0.6 is 0 Å². The standard InChI is InChI=1S/C26H30N2O2/c1-4-27-26(30)20(3)28(18-21-10-7-9-19(2)17-21)25(29)16-15-23-13-8-12-22-11-5-6-14-24(22)23/h5-14,17,20H,4,15-16,18H2,1-3H3,(H,27,30)/t20-/m0/s1. The number of carbonyl (C=O) groups is 2. The van der Waals surface area contributed by atoms with Gasteiger partial charge in [0.1, 0.15) is 6.04 Å². The van der Waals surface area contributed by atoms with Crippen molar-refractivity contribution >= 4 is 22.6 Å². The lowest BCUT2D eigenvalue weighted by Gasteiger charge is -2.29. The zero-order valence-electron chi connectivity index (χ0n) is 18.0. The molecule has 30 heavy (non-hydrogen) atoms. The molecule has 0 spiro atoms. The Bertz CT molecular complexity index is 1020. The van der Waals surface area contributed by atoms with E-state index in [1.807, 2.05) is 50.2 Å². The van der Waals surface area contributed by atoms with E-state index in [0.29, 0.717) is 25.9 Å². The van der Waals surface area contributed by atoms with E-state index < -0.39 is 6.04 Å². The van der Waals surface area contributed by atoms with Gasteiger partial charge in [0.15, 0.2) is 0 Å². The monoisotopic (exact) mass is 402 g/mol. The van der Waals surface area contributed by atoms with E-state index in [2.05, 4.69) is 35.6 Å². The van der Waals surface area contributed by atoms with Gasteiger partial charge in [-0.2, -0.15) is 0 Å². The first kappa shape index (κ1) is 21.6. The highest BCUT2D eigenvalue weighted by Gasteiger charge is 2.25. The number of benzene rings is 3. The summed E-state index contributed by atoms with van der Waals surface area (Å²) in [5.41, 5.74) is 3.33. The van der Waals surface area contributed by atoms with Crippen LogP contribution in [0.15, 0.2) is 66.7 Å². The second-order valence-electron chi connectivity index (χ2n) is 7.72. The first-order valence-corrected chi connectivity index (χ1v) is 10.6. The van der Waals surface area contributed by atoms with Crippen LogP contribution in [0.25, 0.3) is 10.8 Å². The van der Waals surface area contributed by atoms with Gasteiger partial charge in [-0.15, -0.1) is 0 Å². The Morgan fingerprint density at radius 3 is 2.50 bits per heavy atom. The largest absolute Gasteiger partial charge is 0.355 e. The predicted octanol–water partition coefficient (Wildman–Crippen LogP) is 4.63. The zero-order valence-corrected chi connectivity index (χ0v) is 18.0. The molecule has 4 nitrogen and oxygen atoms in total. The van der Waals surface area contributed by atoms with E-state index in [9.17, 15) is 9.59 Å². The normalized spacial score (nSPS) is 11.8. The molecule has 0 unspecified atom stereocenters. The van der Waals surface area contributed by atoms with Crippen molar-refractivity contribution < 1.29 is 9.59 Å². The third-order valence-corrected chi connectivity index (χ3v) is 5.44. The van der Waals surface area contributed by atoms with Gasteiger partial charge in [0, 0.05) is 19.5 Å². The van der Waals surface area contributed by atoms with Gasteiger partial charge in [0.2, 0.25) is 11.8 Å². The molecule has 4 heteroatoms. The Kier molecular flexibility index (Phi) is 7.23. The van der Waals surface area contributed by atoms with Crippen molar-refractivity contribution in [2.24, 2.45) is 0 Å². The highest BCUT2D eigenvalue weighted by atomic mass is 16.2. The van der Waals surface area contributed by atoms with E-state index in [1.54, 1.807) is 11.8 Å². The van der Waals surface area contributed by atoms with E-state index in [0.717, 1.165) is 16.7 Å². The molecule has 3 aromatic carbocycles. The smallest absolute Gasteiger partial charge is 0.242 e. The van der Waals surface area contributed by atoms with Gasteiger partial charge >= 0.3 is 0 Å². The molecule has 0 aliphatic carbocycles. The maximum Gasteiger partial charge on any atom is 0.242 e. The van der Waals surface area contributed by atoms with Gasteiger partial charge in [-0.05, 0) is 49.1 Å². The topological polar surface area (TPSA) is 49.4 Å². The number of hydrogen-bond acceptors (Lipinski definition) is 2. The van der Waals surface area contributed by atoms with Crippen LogP contribution in [0, 0.1) is 6.92 Å². The number of hydrogen-bond donors (Lipinski definition) is 1. The van der Waals surface area contributed by atoms with Crippen LogP contribution in [0.5, 0.6) is 0 Å². The van der Waals surface area contributed by atoms with Gasteiger partial charge in [-0.1, -0.05) is 72.3 Å². The van der Waals surface area contributed by atoms with Crippen LogP contribution in [0.3, 0.4) is 0 Å². The third kappa shape index (κ3) is 5.26. The van der Waals surface area contributed by atoms with Crippen molar-refractivity contribution in [1.29, 1.82) is 0 Å². The van der Waals surface area contributed by atoms with Crippen molar-refractivity contribution in [3.63, 3.8) is 0 Å². The Balaban J connectivity index is 1.79. The van der Waals surface area contributed by atoms with Crippen LogP contribution in [0.1, 0.15) is 37.0 Å². The highest BCUT2D eigenvalue weighted by Crippen LogP contribution is 2.21. The molecular formula is C26H30N2O2. The molecule has 0 aliphatic rings. The van der Waals surface area contributed by atoms with E-state index in [-0.39, 0.29) is 11.8 Å². The predicted molar refractivity (Wildman–Crippen MR) is 122 cm³/mol. The van der Waals surface area contributed by atoms with Gasteiger partial charge in [0.05, 0.1) is 0 Å². The molecule has 0 saturated carbocycles. The molecule has 0 radical (unpaired) electrons. The summed E-state index contributed by atoms with van der Waals surface area (Å²) in [7, 11) is 0. The first-order chi connectivity index (χ1) is 14.5. The lowest BCUT2D eigenvalue weighted by atomic mass is 10.0. The van der Waals surface area contributed by atoms with Gasteiger partial charge in [0.25, 0.3) is 0 Å². The SMILES string of the molecule is CCNC(=O)[C@H](C)N(Cc1cccc(C)c1)C(=O)CCc1cccc2ccccc12. The van der Waals surface area contributed by atoms with Crippen molar-refractivity contribution in [3.05, 3.63) is 83.4 Å². The molecule has 0 aliphatic heterocycles. The fraction of sp³-hybridized carbons (Fsp3) is 0.308. The fourth-order valence-corrected chi connectivity index (χ4v) is 3.81. The first-order valence-electron chi connectivity index (χ1n) is 10.6. The van der Waals surface area contributed by atoms with E-state index in [4.69, 9.17) is 0 Å². The third-order valence-electron chi connectivity index (χ3n) is 5.44. The zero-order chi connectivity index (χ0) is 21.5. The number of aryl methyl sites for hydroxylation is 2. The van der Waals surface area contributed by atoms with Crippen molar-refractivity contribution in [2.45, 2.75) is 46.2 Å². The van der Waals surface area contributed by atoms with Gasteiger partial charge in [-0.3, -0.25) is 9.59 Å². The maximum absolute atomic E-state index is 13.2. The Morgan fingerprint density at radius 1 is 1.00 bits per heavy atom. The lowest BCUT2D eigenvalue weighted by molar-refractivity contribution is -0.140. The molecule has 2 amide bonds. The molecule has 3 aromatic rings. The van der Waals surface area contributed by atoms with E-state index in [1.165, 1.54) is 10.8 Å². The summed E-state index contributed by atoms with van der Waals surface area (Å²) in [5.74, 6) is -0.133. The van der Waals surface area contributed by atoms with Crippen molar-refractivity contribution in [1.82, 2.24) is 10.2 Å². The van der Waals surface area contributed by atoms with Crippen LogP contribution in [0.2, 0.25) is 0 Å². The Labute approximate surface area is 178 Å². The minimum atomic E-state index is -0.523. The summed E-state index contributed by atoms with van der Waals surface area (Å²) < 4.78 is 0. The van der Waals surface area contributed by atoms with E-state index >= 15 is 0 Å². The van der Waals surface area contributed by atoms with Gasteiger partial charge < -0.3 is 10.2 Å². The Hall–Kier alpha value is -3.14. The van der Waals surface area contributed by atoms with Crippen molar-refractivity contribution in [3.8, 4) is 0 Å². The fourth-order valence-electron chi connectivity index (χ4n) is 3.81. The Morgan fingerprint density at radius 2 is 1.73 bits per heavy atom. The number of rotatable bonds is 8. The molecule has 0 fully saturated rings. The minimum Gasteiger partial charge on any atom is -0.355 e. The average Bonchev–Trinajstić information content (AvgIpc) is 2.75. The summed E-state index contributed by atoms with van der Waals surface area (Å²) in [6.07, 6.45) is 1.01. The van der Waals surface area contributed by atoms with Crippen LogP contribution in [-0.4, -0.2) is 29.3 Å². The molecule has 0 saturated heterocycles. The number of likely N-dealkylation sites (N-methyl/N-ethyl adjacent to an activating group) is 1. The average molecular weight is 403 g/mol. The maximum atomic E-state index is 13.2.